The average Bonchev–Trinajstić information content (AvgIpc) is 3.65. The first kappa shape index (κ1) is 84.1. The lowest BCUT2D eigenvalue weighted by molar-refractivity contribution is -0.161. The van der Waals surface area contributed by atoms with Crippen LogP contribution in [0.3, 0.4) is 0 Å². The Morgan fingerprint density at radius 1 is 0.326 bits per heavy atom. The molecule has 0 aliphatic carbocycles. The second-order valence-corrected chi connectivity index (χ2v) is 27.4. The molecule has 0 aromatic heterocycles. The van der Waals surface area contributed by atoms with E-state index in [0.29, 0.717) is 25.7 Å². The molecule has 19 heteroatoms. The van der Waals surface area contributed by atoms with Crippen LogP contribution in [0.4, 0.5) is 0 Å². The van der Waals surface area contributed by atoms with Crippen LogP contribution in [-0.2, 0) is 65.4 Å². The standard InChI is InChI=1S/C67H130O17P2/c1-6-10-13-16-19-21-23-25-26-27-28-29-31-33-36-42-47-52-66(71)83-62(57-78-65(70)51-46-41-35-32-30-24-22-20-17-14-11-7-2)58-81-85(73,74)79-54-61(68)55-80-86(75,76)82-59-63(56-77-64(69)50-45-40-34-18-15-12-8-3)84-67(72)53-48-43-38-37-39-44-49-60(5)9-4/h60-63,68H,6-59H2,1-5H3,(H,73,74)(H,75,76)/t60?,61-,62-,63-/m1/s1. The van der Waals surface area contributed by atoms with E-state index in [2.05, 4.69) is 34.6 Å². The van der Waals surface area contributed by atoms with Crippen LogP contribution < -0.4 is 0 Å². The van der Waals surface area contributed by atoms with Crippen LogP contribution in [0.2, 0.25) is 0 Å². The third kappa shape index (κ3) is 59.7. The molecule has 0 aromatic carbocycles. The van der Waals surface area contributed by atoms with Crippen LogP contribution in [0.25, 0.3) is 0 Å². The first-order chi connectivity index (χ1) is 41.6. The fraction of sp³-hybridized carbons (Fsp3) is 0.940. The summed E-state index contributed by atoms with van der Waals surface area (Å²) in [6.45, 7) is 7.13. The number of phosphoric acid groups is 2. The van der Waals surface area contributed by atoms with Crippen molar-refractivity contribution in [3.63, 3.8) is 0 Å². The predicted molar refractivity (Wildman–Crippen MR) is 345 cm³/mol. The van der Waals surface area contributed by atoms with E-state index in [0.717, 1.165) is 109 Å². The van der Waals surface area contributed by atoms with Crippen molar-refractivity contribution in [3.8, 4) is 0 Å². The molecule has 86 heavy (non-hydrogen) atoms. The lowest BCUT2D eigenvalue weighted by atomic mass is 10.00. The lowest BCUT2D eigenvalue weighted by Crippen LogP contribution is -2.30. The first-order valence-corrected chi connectivity index (χ1v) is 38.2. The number of esters is 4. The van der Waals surface area contributed by atoms with Crippen molar-refractivity contribution < 1.29 is 80.2 Å². The second kappa shape index (κ2) is 60.6. The molecule has 0 spiro atoms. The number of rotatable bonds is 67. The number of carbonyl (C=O) groups excluding carboxylic acids is 4. The summed E-state index contributed by atoms with van der Waals surface area (Å²) in [7, 11) is -9.89. The summed E-state index contributed by atoms with van der Waals surface area (Å²) in [5, 5.41) is 10.5. The molecule has 3 N–H and O–H groups in total. The fourth-order valence-electron chi connectivity index (χ4n) is 10.1. The van der Waals surface area contributed by atoms with E-state index in [4.69, 9.17) is 37.0 Å². The number of phosphoric ester groups is 2. The number of aliphatic hydroxyl groups is 1. The minimum atomic E-state index is -4.95. The highest BCUT2D eigenvalue weighted by Gasteiger charge is 2.30. The molecule has 0 aliphatic rings. The normalized spacial score (nSPS) is 14.5. The number of hydrogen-bond acceptors (Lipinski definition) is 15. The maximum Gasteiger partial charge on any atom is 0.472 e. The molecular weight excluding hydrogens is 1140 g/mol. The van der Waals surface area contributed by atoms with E-state index < -0.39 is 97.5 Å². The zero-order valence-electron chi connectivity index (χ0n) is 55.4. The van der Waals surface area contributed by atoms with Crippen LogP contribution in [0.1, 0.15) is 343 Å². The second-order valence-electron chi connectivity index (χ2n) is 24.5. The molecule has 0 bridgehead atoms. The van der Waals surface area contributed by atoms with Gasteiger partial charge in [0.15, 0.2) is 12.2 Å². The van der Waals surface area contributed by atoms with Gasteiger partial charge in [0.05, 0.1) is 26.4 Å². The van der Waals surface area contributed by atoms with Gasteiger partial charge in [-0.2, -0.15) is 0 Å². The van der Waals surface area contributed by atoms with Gasteiger partial charge in [0.25, 0.3) is 0 Å². The van der Waals surface area contributed by atoms with Gasteiger partial charge < -0.3 is 33.8 Å². The Kier molecular flexibility index (Phi) is 59.2. The van der Waals surface area contributed by atoms with Gasteiger partial charge in [-0.05, 0) is 31.6 Å². The van der Waals surface area contributed by atoms with Crippen LogP contribution in [-0.4, -0.2) is 96.7 Å². The smallest absolute Gasteiger partial charge is 0.462 e. The largest absolute Gasteiger partial charge is 0.472 e. The van der Waals surface area contributed by atoms with Gasteiger partial charge in [-0.1, -0.05) is 291 Å². The Balaban J connectivity index is 5.19. The van der Waals surface area contributed by atoms with Crippen molar-refractivity contribution in [2.45, 2.75) is 361 Å². The summed E-state index contributed by atoms with van der Waals surface area (Å²) in [6.07, 6.45) is 46.0. The molecule has 0 saturated heterocycles. The van der Waals surface area contributed by atoms with E-state index in [1.165, 1.54) is 154 Å². The SMILES string of the molecule is CCCCCCCCCCCCCCCCCCCC(=O)O[C@H](COC(=O)CCCCCCCCCCCCCC)COP(=O)(O)OC[C@@H](O)COP(=O)(O)OC[C@@H](COC(=O)CCCCCCCCC)OC(=O)CCCCCCCCC(C)CC. The molecular formula is C67H130O17P2. The molecule has 0 aliphatic heterocycles. The Bertz CT molecular complexity index is 1670. The van der Waals surface area contributed by atoms with Gasteiger partial charge in [-0.25, -0.2) is 9.13 Å². The molecule has 0 radical (unpaired) electrons. The zero-order valence-corrected chi connectivity index (χ0v) is 57.2. The molecule has 0 amide bonds. The predicted octanol–water partition coefficient (Wildman–Crippen LogP) is 19.0. The Labute approximate surface area is 524 Å². The highest BCUT2D eigenvalue weighted by molar-refractivity contribution is 7.47. The minimum Gasteiger partial charge on any atom is -0.462 e. The molecule has 3 unspecified atom stereocenters. The minimum absolute atomic E-state index is 0.103. The highest BCUT2D eigenvalue weighted by Crippen LogP contribution is 2.45. The zero-order chi connectivity index (χ0) is 63.5. The van der Waals surface area contributed by atoms with Crippen molar-refractivity contribution in [1.82, 2.24) is 0 Å². The van der Waals surface area contributed by atoms with Crippen molar-refractivity contribution in [3.05, 3.63) is 0 Å². The summed E-state index contributed by atoms with van der Waals surface area (Å²) in [5.41, 5.74) is 0. The summed E-state index contributed by atoms with van der Waals surface area (Å²) < 4.78 is 68.0. The molecule has 0 fully saturated rings. The molecule has 0 heterocycles. The molecule has 0 rings (SSSR count). The third-order valence-corrected chi connectivity index (χ3v) is 17.8. The van der Waals surface area contributed by atoms with Gasteiger partial charge in [-0.15, -0.1) is 0 Å². The van der Waals surface area contributed by atoms with Gasteiger partial charge in [0.1, 0.15) is 19.3 Å². The van der Waals surface area contributed by atoms with Crippen LogP contribution in [0.5, 0.6) is 0 Å². The topological polar surface area (TPSA) is 237 Å². The number of ether oxygens (including phenoxy) is 4. The molecule has 17 nitrogen and oxygen atoms in total. The summed E-state index contributed by atoms with van der Waals surface area (Å²) in [6, 6.07) is 0. The van der Waals surface area contributed by atoms with E-state index in [9.17, 15) is 43.2 Å². The average molecular weight is 1270 g/mol. The number of hydrogen-bond donors (Lipinski definition) is 3. The van der Waals surface area contributed by atoms with Crippen molar-refractivity contribution in [2.24, 2.45) is 5.92 Å². The molecule has 0 aromatic rings. The number of aliphatic hydroxyl groups excluding tert-OH is 1. The third-order valence-electron chi connectivity index (χ3n) is 15.9. The lowest BCUT2D eigenvalue weighted by Gasteiger charge is -2.21. The van der Waals surface area contributed by atoms with Gasteiger partial charge in [0.2, 0.25) is 0 Å². The Morgan fingerprint density at radius 2 is 0.558 bits per heavy atom. The van der Waals surface area contributed by atoms with Crippen LogP contribution >= 0.6 is 15.6 Å². The summed E-state index contributed by atoms with van der Waals surface area (Å²) in [4.78, 5) is 72.2. The quantitative estimate of drug-likeness (QED) is 0.0222. The fourth-order valence-corrected chi connectivity index (χ4v) is 11.7. The van der Waals surface area contributed by atoms with E-state index in [-0.39, 0.29) is 25.7 Å². The van der Waals surface area contributed by atoms with Crippen molar-refractivity contribution in [1.29, 1.82) is 0 Å². The van der Waals surface area contributed by atoms with E-state index in [1.807, 2.05) is 0 Å². The van der Waals surface area contributed by atoms with Gasteiger partial charge >= 0.3 is 39.5 Å². The van der Waals surface area contributed by atoms with Crippen LogP contribution in [0.15, 0.2) is 0 Å². The molecule has 510 valence electrons. The Morgan fingerprint density at radius 3 is 0.826 bits per heavy atom. The Hall–Kier alpha value is -1.94. The van der Waals surface area contributed by atoms with E-state index in [1.54, 1.807) is 0 Å². The van der Waals surface area contributed by atoms with Crippen molar-refractivity contribution in [2.75, 3.05) is 39.6 Å². The van der Waals surface area contributed by atoms with Gasteiger partial charge in [-0.3, -0.25) is 37.3 Å². The first-order valence-electron chi connectivity index (χ1n) is 35.2. The van der Waals surface area contributed by atoms with Gasteiger partial charge in [0, 0.05) is 25.7 Å². The molecule has 0 saturated carbocycles. The monoisotopic (exact) mass is 1270 g/mol. The molecule has 6 atom stereocenters. The number of unbranched alkanes of at least 4 members (excludes halogenated alkanes) is 38. The van der Waals surface area contributed by atoms with E-state index >= 15 is 0 Å². The van der Waals surface area contributed by atoms with Crippen molar-refractivity contribution >= 4 is 39.5 Å². The highest BCUT2D eigenvalue weighted by atomic mass is 31.2. The van der Waals surface area contributed by atoms with Crippen LogP contribution in [0, 0.1) is 5.92 Å². The summed E-state index contributed by atoms with van der Waals surface area (Å²) in [5.74, 6) is -1.41. The summed E-state index contributed by atoms with van der Waals surface area (Å²) >= 11 is 0. The maximum atomic E-state index is 13.0. The maximum absolute atomic E-state index is 13.0. The number of carbonyl (C=O) groups is 4.